The summed E-state index contributed by atoms with van der Waals surface area (Å²) in [5, 5.41) is 12.6. The molecule has 0 atom stereocenters. The van der Waals surface area contributed by atoms with Crippen molar-refractivity contribution in [1.82, 2.24) is 0 Å². The second kappa shape index (κ2) is 25.0. The van der Waals surface area contributed by atoms with Crippen molar-refractivity contribution in [3.8, 4) is 0 Å². The minimum Gasteiger partial charge on any atom is -0.0622 e. The van der Waals surface area contributed by atoms with Gasteiger partial charge in [-0.15, -0.1) is 0 Å². The molecular weight excluding hydrogens is 969 g/mol. The van der Waals surface area contributed by atoms with Crippen LogP contribution >= 0.6 is 33.3 Å². The summed E-state index contributed by atoms with van der Waals surface area (Å²) in [6.07, 6.45) is 0. The average Bonchev–Trinajstić information content (AvgIpc) is 3.34. The van der Waals surface area contributed by atoms with Gasteiger partial charge in [0.1, 0.15) is 0 Å². The molecule has 0 aliphatic rings. The van der Waals surface area contributed by atoms with Crippen LogP contribution in [0.2, 0.25) is 0 Å². The van der Waals surface area contributed by atoms with Gasteiger partial charge < -0.3 is 0 Å². The molecule has 0 nitrogen and oxygen atoms in total. The number of halogens is 1. The SMILES string of the molecule is [Cl][IrH].c1ccc(P(c2ccccc2)c2ccccc2)cc1.c1ccc(P(c2ccccc2)c2ccccc2)cc1.c1ccc(P(c2ccccc2)c2ccccc2)cc1. The standard InChI is InChI=1S/3C18H15P.ClH.Ir.H/c3*1-4-10-16(11-5-1)19(17-12-6-2-7-13-17)18-14-8-3-9-15-18;;;/h3*1-15H;1H;;/q;;;;+1;/p-1. The monoisotopic (exact) mass is 1020 g/mol. The summed E-state index contributed by atoms with van der Waals surface area (Å²) >= 11 is 1.33. The van der Waals surface area contributed by atoms with E-state index in [0.29, 0.717) is 0 Å². The molecule has 0 saturated carbocycles. The summed E-state index contributed by atoms with van der Waals surface area (Å²) in [6, 6.07) is 97.0. The van der Waals surface area contributed by atoms with Crippen LogP contribution in [0.4, 0.5) is 0 Å². The molecule has 0 amide bonds. The summed E-state index contributed by atoms with van der Waals surface area (Å²) in [4.78, 5) is 0. The van der Waals surface area contributed by atoms with Crippen molar-refractivity contribution < 1.29 is 17.9 Å². The molecule has 0 saturated heterocycles. The first-order valence-electron chi connectivity index (χ1n) is 19.3. The molecule has 9 aromatic rings. The predicted molar refractivity (Wildman–Crippen MR) is 263 cm³/mol. The van der Waals surface area contributed by atoms with Crippen molar-refractivity contribution in [2.45, 2.75) is 0 Å². The van der Waals surface area contributed by atoms with E-state index in [1.165, 1.54) is 65.6 Å². The van der Waals surface area contributed by atoms with Crippen molar-refractivity contribution in [3.63, 3.8) is 0 Å². The number of hydrogen-bond donors (Lipinski definition) is 0. The van der Waals surface area contributed by atoms with Crippen LogP contribution in [0.5, 0.6) is 0 Å². The van der Waals surface area contributed by atoms with Crippen LogP contribution in [0.25, 0.3) is 0 Å². The second-order valence-corrected chi connectivity index (χ2v) is 19.7. The van der Waals surface area contributed by atoms with E-state index >= 15 is 0 Å². The molecule has 0 heterocycles. The Morgan fingerprint density at radius 3 is 0.339 bits per heavy atom. The normalized spacial score (nSPS) is 10.3. The summed E-state index contributed by atoms with van der Waals surface area (Å²) in [5.74, 6) is 0. The Balaban J connectivity index is 0.000000146. The molecule has 0 aliphatic carbocycles. The van der Waals surface area contributed by atoms with Crippen LogP contribution in [0.15, 0.2) is 273 Å². The van der Waals surface area contributed by atoms with Crippen molar-refractivity contribution in [2.24, 2.45) is 0 Å². The van der Waals surface area contributed by atoms with E-state index in [0.717, 1.165) is 0 Å². The van der Waals surface area contributed by atoms with Crippen LogP contribution < -0.4 is 47.7 Å². The van der Waals surface area contributed by atoms with Gasteiger partial charge in [-0.3, -0.25) is 0 Å². The van der Waals surface area contributed by atoms with Crippen molar-refractivity contribution in [2.75, 3.05) is 0 Å². The van der Waals surface area contributed by atoms with Gasteiger partial charge in [0.25, 0.3) is 0 Å². The number of hydrogen-bond acceptors (Lipinski definition) is 0. The Kier molecular flexibility index (Phi) is 18.5. The molecule has 0 N–H and O–H groups in total. The fourth-order valence-electron chi connectivity index (χ4n) is 6.54. The van der Waals surface area contributed by atoms with E-state index in [1.54, 1.807) is 0 Å². The van der Waals surface area contributed by atoms with Gasteiger partial charge in [0, 0.05) is 0 Å². The van der Waals surface area contributed by atoms with E-state index in [-0.39, 0.29) is 0 Å². The quantitative estimate of drug-likeness (QED) is 0.126. The Bertz CT molecular complexity index is 1870. The minimum atomic E-state index is -0.446. The molecule has 0 bridgehead atoms. The smallest absolute Gasteiger partial charge is 0.0134 e. The van der Waals surface area contributed by atoms with Gasteiger partial charge in [0.15, 0.2) is 0 Å². The van der Waals surface area contributed by atoms with Crippen LogP contribution in [0.3, 0.4) is 0 Å². The maximum Gasteiger partial charge on any atom is -0.0134 e. The molecule has 0 fully saturated rings. The Morgan fingerprint density at radius 2 is 0.254 bits per heavy atom. The van der Waals surface area contributed by atoms with Gasteiger partial charge in [0.05, 0.1) is 0 Å². The first-order chi connectivity index (χ1) is 29.3. The van der Waals surface area contributed by atoms with E-state index < -0.39 is 23.8 Å². The van der Waals surface area contributed by atoms with Crippen LogP contribution in [0.1, 0.15) is 0 Å². The van der Waals surface area contributed by atoms with Crippen molar-refractivity contribution >= 4 is 81.1 Å². The molecule has 0 spiro atoms. The third-order valence-corrected chi connectivity index (χ3v) is 16.5. The minimum absolute atomic E-state index is 0.446. The van der Waals surface area contributed by atoms with Crippen LogP contribution in [-0.4, -0.2) is 0 Å². The third-order valence-electron chi connectivity index (χ3n) is 9.13. The van der Waals surface area contributed by atoms with Crippen LogP contribution in [-0.2, 0) is 17.9 Å². The molecular formula is C54H46ClIrP3. The summed E-state index contributed by atoms with van der Waals surface area (Å²) in [6.45, 7) is 0. The van der Waals surface area contributed by atoms with Gasteiger partial charge >= 0.3 is 27.5 Å². The molecule has 0 radical (unpaired) electrons. The fraction of sp³-hybridized carbons (Fsp3) is 0. The maximum absolute atomic E-state index is 4.67. The molecule has 59 heavy (non-hydrogen) atoms. The summed E-state index contributed by atoms with van der Waals surface area (Å²) < 4.78 is 0. The maximum atomic E-state index is 4.67. The molecule has 0 aromatic heterocycles. The molecule has 0 unspecified atom stereocenters. The Morgan fingerprint density at radius 1 is 0.169 bits per heavy atom. The Labute approximate surface area is 369 Å². The van der Waals surface area contributed by atoms with Crippen molar-refractivity contribution in [3.05, 3.63) is 273 Å². The van der Waals surface area contributed by atoms with E-state index in [9.17, 15) is 0 Å². The number of rotatable bonds is 9. The third kappa shape index (κ3) is 13.1. The molecule has 0 aliphatic heterocycles. The molecule has 9 rings (SSSR count). The zero-order chi connectivity index (χ0) is 40.7. The van der Waals surface area contributed by atoms with Gasteiger partial charge in [-0.2, -0.15) is 0 Å². The molecule has 293 valence electrons. The van der Waals surface area contributed by atoms with Gasteiger partial charge in [0.2, 0.25) is 0 Å². The number of benzene rings is 9. The predicted octanol–water partition coefficient (Wildman–Crippen LogP) is 10.8. The van der Waals surface area contributed by atoms with Crippen LogP contribution in [0, 0.1) is 0 Å². The zero-order valence-corrected chi connectivity index (χ0v) is 38.5. The van der Waals surface area contributed by atoms with E-state index in [1.807, 2.05) is 0 Å². The summed E-state index contributed by atoms with van der Waals surface area (Å²) in [5.41, 5.74) is 0. The van der Waals surface area contributed by atoms with E-state index in [2.05, 4.69) is 283 Å². The van der Waals surface area contributed by atoms with Crippen molar-refractivity contribution in [1.29, 1.82) is 0 Å². The summed E-state index contributed by atoms with van der Waals surface area (Å²) in [7, 11) is 3.33. The topological polar surface area (TPSA) is 0 Å². The Hall–Kier alpha value is -4.79. The second-order valence-electron chi connectivity index (χ2n) is 13.0. The largest absolute Gasteiger partial charge is 0.0622 e. The molecule has 5 heteroatoms. The average molecular weight is 1020 g/mol. The van der Waals surface area contributed by atoms with E-state index in [4.69, 9.17) is 0 Å². The fourth-order valence-corrected chi connectivity index (χ4v) is 13.5. The van der Waals surface area contributed by atoms with Gasteiger partial charge in [-0.25, -0.2) is 0 Å². The van der Waals surface area contributed by atoms with Gasteiger partial charge in [-0.1, -0.05) is 273 Å². The zero-order valence-electron chi connectivity index (χ0n) is 32.6. The molecule has 9 aromatic carbocycles. The first kappa shape index (κ1) is 43.8. The first-order valence-corrected chi connectivity index (χ1v) is 26.5. The van der Waals surface area contributed by atoms with Gasteiger partial charge in [-0.05, 0) is 71.5 Å².